The van der Waals surface area contributed by atoms with Gasteiger partial charge in [-0.25, -0.2) is 4.39 Å². The summed E-state index contributed by atoms with van der Waals surface area (Å²) in [6, 6.07) is 5.28. The van der Waals surface area contributed by atoms with Crippen molar-refractivity contribution in [1.82, 2.24) is 5.32 Å². The predicted molar refractivity (Wildman–Crippen MR) is 81.0 cm³/mol. The van der Waals surface area contributed by atoms with Crippen LogP contribution in [0.5, 0.6) is 0 Å². The smallest absolute Gasteiger partial charge is 0.127 e. The molecule has 4 heteroatoms. The fourth-order valence-corrected chi connectivity index (χ4v) is 2.64. The second-order valence-corrected chi connectivity index (χ2v) is 5.80. The number of halogens is 2. The Morgan fingerprint density at radius 1 is 1.42 bits per heavy atom. The summed E-state index contributed by atoms with van der Waals surface area (Å²) in [5, 5.41) is 3.27. The molecule has 0 aliphatic carbocycles. The average Bonchev–Trinajstić information content (AvgIpc) is 2.38. The van der Waals surface area contributed by atoms with Crippen molar-refractivity contribution in [1.29, 1.82) is 0 Å². The van der Waals surface area contributed by atoms with E-state index in [9.17, 15) is 4.39 Å². The van der Waals surface area contributed by atoms with Gasteiger partial charge in [-0.3, -0.25) is 0 Å². The number of nitrogens with one attached hydrogen (secondary N) is 1. The minimum Gasteiger partial charge on any atom is -0.374 e. The summed E-state index contributed by atoms with van der Waals surface area (Å²) in [5.74, 6) is -0.176. The van der Waals surface area contributed by atoms with Crippen molar-refractivity contribution in [3.63, 3.8) is 0 Å². The number of rotatable bonds is 7. The maximum Gasteiger partial charge on any atom is 0.127 e. The molecule has 0 saturated heterocycles. The molecule has 0 fully saturated rings. The topological polar surface area (TPSA) is 21.3 Å². The Kier molecular flexibility index (Phi) is 6.43. The van der Waals surface area contributed by atoms with Crippen molar-refractivity contribution in [3.8, 4) is 0 Å². The monoisotopic (exact) mass is 331 g/mol. The summed E-state index contributed by atoms with van der Waals surface area (Å²) in [6.45, 7) is 6.82. The standard InChI is InChI=1S/C15H23BrFNO/c1-5-15(3,19-6-2)14(18-4)9-11-7-8-12(16)10-13(11)17/h7-8,10,14,18H,5-6,9H2,1-4H3. The number of benzene rings is 1. The lowest BCUT2D eigenvalue weighted by Crippen LogP contribution is -2.50. The third-order valence-electron chi connectivity index (χ3n) is 3.70. The lowest BCUT2D eigenvalue weighted by atomic mass is 9.88. The molecule has 19 heavy (non-hydrogen) atoms. The van der Waals surface area contributed by atoms with Gasteiger partial charge in [-0.15, -0.1) is 0 Å². The first-order valence-electron chi connectivity index (χ1n) is 6.72. The zero-order chi connectivity index (χ0) is 14.5. The lowest BCUT2D eigenvalue weighted by Gasteiger charge is -2.37. The molecule has 2 unspecified atom stereocenters. The minimum atomic E-state index is -0.289. The number of hydrogen-bond acceptors (Lipinski definition) is 2. The van der Waals surface area contributed by atoms with Crippen LogP contribution < -0.4 is 5.32 Å². The Labute approximate surface area is 123 Å². The van der Waals surface area contributed by atoms with Gasteiger partial charge < -0.3 is 10.1 Å². The SMILES string of the molecule is CCOC(C)(CC)C(Cc1ccc(Br)cc1F)NC. The van der Waals surface area contributed by atoms with E-state index in [1.165, 1.54) is 6.07 Å². The van der Waals surface area contributed by atoms with Gasteiger partial charge in [0.25, 0.3) is 0 Å². The Hall–Kier alpha value is -0.450. The average molecular weight is 332 g/mol. The van der Waals surface area contributed by atoms with Crippen LogP contribution in [0.1, 0.15) is 32.8 Å². The van der Waals surface area contributed by atoms with Gasteiger partial charge in [0.05, 0.1) is 5.60 Å². The molecule has 1 aromatic carbocycles. The Bertz CT molecular complexity index is 413. The van der Waals surface area contributed by atoms with E-state index in [2.05, 4.69) is 35.1 Å². The molecular weight excluding hydrogens is 309 g/mol. The fraction of sp³-hybridized carbons (Fsp3) is 0.600. The van der Waals surface area contributed by atoms with Crippen molar-refractivity contribution in [2.45, 2.75) is 45.3 Å². The summed E-state index contributed by atoms with van der Waals surface area (Å²) in [4.78, 5) is 0. The molecule has 2 atom stereocenters. The van der Waals surface area contributed by atoms with Crippen LogP contribution in [-0.2, 0) is 11.2 Å². The van der Waals surface area contributed by atoms with E-state index in [4.69, 9.17) is 4.74 Å². The van der Waals surface area contributed by atoms with E-state index in [1.54, 1.807) is 0 Å². The predicted octanol–water partition coefficient (Wildman–Crippen LogP) is 3.92. The third-order valence-corrected chi connectivity index (χ3v) is 4.19. The zero-order valence-corrected chi connectivity index (χ0v) is 13.7. The van der Waals surface area contributed by atoms with Crippen LogP contribution in [0, 0.1) is 5.82 Å². The zero-order valence-electron chi connectivity index (χ0n) is 12.1. The molecule has 0 heterocycles. The molecule has 0 aliphatic heterocycles. The van der Waals surface area contributed by atoms with E-state index >= 15 is 0 Å². The molecule has 1 aromatic rings. The van der Waals surface area contributed by atoms with E-state index < -0.39 is 0 Å². The van der Waals surface area contributed by atoms with E-state index in [0.29, 0.717) is 18.6 Å². The Balaban J connectivity index is 2.92. The molecule has 0 saturated carbocycles. The number of ether oxygens (including phenoxy) is 1. The molecule has 0 spiro atoms. The van der Waals surface area contributed by atoms with Crippen LogP contribution in [0.3, 0.4) is 0 Å². The van der Waals surface area contributed by atoms with Crippen LogP contribution in [0.15, 0.2) is 22.7 Å². The molecule has 0 aromatic heterocycles. The van der Waals surface area contributed by atoms with E-state index in [0.717, 1.165) is 10.9 Å². The van der Waals surface area contributed by atoms with Gasteiger partial charge in [0.2, 0.25) is 0 Å². The highest BCUT2D eigenvalue weighted by molar-refractivity contribution is 9.10. The highest BCUT2D eigenvalue weighted by Crippen LogP contribution is 2.25. The van der Waals surface area contributed by atoms with E-state index in [1.807, 2.05) is 26.1 Å². The largest absolute Gasteiger partial charge is 0.374 e. The first kappa shape index (κ1) is 16.6. The molecule has 0 bridgehead atoms. The molecule has 108 valence electrons. The van der Waals surface area contributed by atoms with Gasteiger partial charge in [-0.2, -0.15) is 0 Å². The van der Waals surface area contributed by atoms with Gasteiger partial charge in [-0.1, -0.05) is 28.9 Å². The van der Waals surface area contributed by atoms with Crippen molar-refractivity contribution >= 4 is 15.9 Å². The van der Waals surface area contributed by atoms with Gasteiger partial charge >= 0.3 is 0 Å². The van der Waals surface area contributed by atoms with Crippen molar-refractivity contribution in [3.05, 3.63) is 34.1 Å². The maximum absolute atomic E-state index is 13.9. The summed E-state index contributed by atoms with van der Waals surface area (Å²) in [6.07, 6.45) is 1.49. The Morgan fingerprint density at radius 3 is 2.58 bits per heavy atom. The summed E-state index contributed by atoms with van der Waals surface area (Å²) >= 11 is 3.28. The van der Waals surface area contributed by atoms with Crippen molar-refractivity contribution in [2.24, 2.45) is 0 Å². The first-order chi connectivity index (χ1) is 8.96. The number of likely N-dealkylation sites (N-methyl/N-ethyl adjacent to an activating group) is 1. The van der Waals surface area contributed by atoms with Gasteiger partial charge in [0, 0.05) is 17.1 Å². The molecule has 1 N–H and O–H groups in total. The normalized spacial score (nSPS) is 16.1. The van der Waals surface area contributed by atoms with Crippen LogP contribution in [0.25, 0.3) is 0 Å². The molecule has 1 rings (SSSR count). The summed E-state index contributed by atoms with van der Waals surface area (Å²) < 4.78 is 20.6. The summed E-state index contributed by atoms with van der Waals surface area (Å²) in [7, 11) is 1.90. The molecular formula is C15H23BrFNO. The second-order valence-electron chi connectivity index (χ2n) is 4.88. The second kappa shape index (κ2) is 7.36. The molecule has 2 nitrogen and oxygen atoms in total. The molecule has 0 amide bonds. The molecule has 0 aliphatic rings. The number of hydrogen-bond donors (Lipinski definition) is 1. The van der Waals surface area contributed by atoms with Gasteiger partial charge in [0.15, 0.2) is 0 Å². The maximum atomic E-state index is 13.9. The Morgan fingerprint density at radius 2 is 2.11 bits per heavy atom. The van der Waals surface area contributed by atoms with Gasteiger partial charge in [-0.05, 0) is 51.4 Å². The highest BCUT2D eigenvalue weighted by Gasteiger charge is 2.32. The van der Waals surface area contributed by atoms with Crippen molar-refractivity contribution < 1.29 is 9.13 Å². The van der Waals surface area contributed by atoms with Crippen LogP contribution in [0.4, 0.5) is 4.39 Å². The quantitative estimate of drug-likeness (QED) is 0.817. The first-order valence-corrected chi connectivity index (χ1v) is 7.51. The van der Waals surface area contributed by atoms with Crippen LogP contribution >= 0.6 is 15.9 Å². The van der Waals surface area contributed by atoms with Crippen molar-refractivity contribution in [2.75, 3.05) is 13.7 Å². The summed E-state index contributed by atoms with van der Waals surface area (Å²) in [5.41, 5.74) is 0.421. The highest BCUT2D eigenvalue weighted by atomic mass is 79.9. The van der Waals surface area contributed by atoms with Gasteiger partial charge in [0.1, 0.15) is 5.82 Å². The lowest BCUT2D eigenvalue weighted by molar-refractivity contribution is -0.0535. The third kappa shape index (κ3) is 4.26. The fourth-order valence-electron chi connectivity index (χ4n) is 2.31. The minimum absolute atomic E-state index is 0.0770. The van der Waals surface area contributed by atoms with Crippen LogP contribution in [-0.4, -0.2) is 25.3 Å². The molecule has 0 radical (unpaired) electrons. The van der Waals surface area contributed by atoms with E-state index in [-0.39, 0.29) is 17.5 Å². The van der Waals surface area contributed by atoms with Crippen LogP contribution in [0.2, 0.25) is 0 Å².